The van der Waals surface area contributed by atoms with Gasteiger partial charge in [-0.1, -0.05) is 32.1 Å². The van der Waals surface area contributed by atoms with Gasteiger partial charge in [0.25, 0.3) is 11.6 Å². The maximum atomic E-state index is 12.0. The van der Waals surface area contributed by atoms with Crippen LogP contribution in [0.1, 0.15) is 55.3 Å². The molecule has 1 aromatic carbocycles. The smallest absolute Gasteiger partial charge is 0.341 e. The van der Waals surface area contributed by atoms with Gasteiger partial charge in [-0.2, -0.15) is 0 Å². The Balaban J connectivity index is 1.87. The standard InChI is InChI=1S/C17H23N3O5/c18-15-9-8-13(20(23)24)10-14(15)17(22)25-11-16(21)19-12-6-4-2-1-3-5-7-12/h8-10,12H,1-7,11,18H2,(H,19,21). The summed E-state index contributed by atoms with van der Waals surface area (Å²) >= 11 is 0. The Morgan fingerprint density at radius 3 is 2.48 bits per heavy atom. The Morgan fingerprint density at radius 2 is 1.84 bits per heavy atom. The van der Waals surface area contributed by atoms with Crippen LogP contribution in [0.25, 0.3) is 0 Å². The number of nitrogens with one attached hydrogen (secondary N) is 1. The van der Waals surface area contributed by atoms with Gasteiger partial charge in [-0.3, -0.25) is 14.9 Å². The van der Waals surface area contributed by atoms with Crippen LogP contribution in [0.5, 0.6) is 0 Å². The monoisotopic (exact) mass is 349 g/mol. The van der Waals surface area contributed by atoms with Gasteiger partial charge in [-0.05, 0) is 18.9 Å². The van der Waals surface area contributed by atoms with E-state index in [0.29, 0.717) is 0 Å². The molecule has 0 aliphatic heterocycles. The molecule has 1 fully saturated rings. The molecule has 1 aromatic rings. The van der Waals surface area contributed by atoms with E-state index in [2.05, 4.69) is 5.32 Å². The van der Waals surface area contributed by atoms with Crippen molar-refractivity contribution in [1.29, 1.82) is 0 Å². The number of anilines is 1. The predicted octanol–water partition coefficient (Wildman–Crippen LogP) is 2.56. The third kappa shape index (κ3) is 5.74. The van der Waals surface area contributed by atoms with Crippen molar-refractivity contribution in [3.05, 3.63) is 33.9 Å². The second kappa shape index (κ2) is 9.00. The zero-order valence-electron chi connectivity index (χ0n) is 14.0. The number of carbonyl (C=O) groups is 2. The highest BCUT2D eigenvalue weighted by Crippen LogP contribution is 2.20. The molecule has 8 heteroatoms. The van der Waals surface area contributed by atoms with E-state index in [1.165, 1.54) is 31.4 Å². The topological polar surface area (TPSA) is 125 Å². The summed E-state index contributed by atoms with van der Waals surface area (Å²) in [4.78, 5) is 34.2. The molecular formula is C17H23N3O5. The lowest BCUT2D eigenvalue weighted by atomic mass is 9.97. The summed E-state index contributed by atoms with van der Waals surface area (Å²) < 4.78 is 4.95. The molecule has 1 amide bonds. The summed E-state index contributed by atoms with van der Waals surface area (Å²) in [6.45, 7) is -0.433. The summed E-state index contributed by atoms with van der Waals surface area (Å²) in [5.41, 5.74) is 5.34. The summed E-state index contributed by atoms with van der Waals surface area (Å²) in [6.07, 6.45) is 7.60. The number of esters is 1. The van der Waals surface area contributed by atoms with Gasteiger partial charge in [0.2, 0.25) is 0 Å². The van der Waals surface area contributed by atoms with Crippen LogP contribution in [0.2, 0.25) is 0 Å². The van der Waals surface area contributed by atoms with Crippen molar-refractivity contribution in [3.8, 4) is 0 Å². The fourth-order valence-corrected chi connectivity index (χ4v) is 2.91. The largest absolute Gasteiger partial charge is 0.452 e. The molecule has 0 spiro atoms. The van der Waals surface area contributed by atoms with E-state index in [1.807, 2.05) is 0 Å². The molecule has 8 nitrogen and oxygen atoms in total. The fourth-order valence-electron chi connectivity index (χ4n) is 2.91. The van der Waals surface area contributed by atoms with Crippen molar-refractivity contribution in [1.82, 2.24) is 5.32 Å². The third-order valence-electron chi connectivity index (χ3n) is 4.27. The van der Waals surface area contributed by atoms with Crippen LogP contribution < -0.4 is 11.1 Å². The number of rotatable bonds is 5. The minimum Gasteiger partial charge on any atom is -0.452 e. The summed E-state index contributed by atoms with van der Waals surface area (Å²) in [5.74, 6) is -1.23. The second-order valence-corrected chi connectivity index (χ2v) is 6.21. The van der Waals surface area contributed by atoms with Gasteiger partial charge in [-0.15, -0.1) is 0 Å². The van der Waals surface area contributed by atoms with Crippen LogP contribution in [0.15, 0.2) is 18.2 Å². The lowest BCUT2D eigenvalue weighted by Crippen LogP contribution is -2.38. The molecule has 0 aromatic heterocycles. The van der Waals surface area contributed by atoms with Crippen molar-refractivity contribution in [2.75, 3.05) is 12.3 Å². The maximum absolute atomic E-state index is 12.0. The molecular weight excluding hydrogens is 326 g/mol. The van der Waals surface area contributed by atoms with Crippen LogP contribution in [-0.2, 0) is 9.53 Å². The van der Waals surface area contributed by atoms with E-state index >= 15 is 0 Å². The molecule has 3 N–H and O–H groups in total. The average molecular weight is 349 g/mol. The Bertz CT molecular complexity index is 639. The third-order valence-corrected chi connectivity index (χ3v) is 4.27. The normalized spacial score (nSPS) is 15.7. The van der Waals surface area contributed by atoms with Crippen molar-refractivity contribution >= 4 is 23.3 Å². The summed E-state index contributed by atoms with van der Waals surface area (Å²) in [7, 11) is 0. The number of carbonyl (C=O) groups excluding carboxylic acids is 2. The number of hydrogen-bond donors (Lipinski definition) is 2. The van der Waals surface area contributed by atoms with E-state index in [-0.39, 0.29) is 28.9 Å². The van der Waals surface area contributed by atoms with Crippen molar-refractivity contribution in [2.45, 2.75) is 51.0 Å². The molecule has 1 saturated carbocycles. The van der Waals surface area contributed by atoms with Crippen LogP contribution in [0, 0.1) is 10.1 Å². The molecule has 0 radical (unpaired) electrons. The minimum atomic E-state index is -0.853. The molecule has 1 aliphatic rings. The first-order chi connectivity index (χ1) is 12.0. The fraction of sp³-hybridized carbons (Fsp3) is 0.529. The van der Waals surface area contributed by atoms with Crippen LogP contribution in [-0.4, -0.2) is 29.4 Å². The first-order valence-electron chi connectivity index (χ1n) is 8.48. The van der Waals surface area contributed by atoms with Crippen molar-refractivity contribution < 1.29 is 19.2 Å². The maximum Gasteiger partial charge on any atom is 0.341 e. The van der Waals surface area contributed by atoms with Gasteiger partial charge in [0.05, 0.1) is 10.5 Å². The number of ether oxygens (including phenoxy) is 1. The molecule has 0 atom stereocenters. The number of nitro benzene ring substituents is 1. The number of nitro groups is 1. The quantitative estimate of drug-likeness (QED) is 0.364. The highest BCUT2D eigenvalue weighted by molar-refractivity contribution is 5.97. The van der Waals surface area contributed by atoms with Gasteiger partial charge in [0.1, 0.15) is 0 Å². The average Bonchev–Trinajstić information content (AvgIpc) is 2.55. The first kappa shape index (κ1) is 18.7. The zero-order chi connectivity index (χ0) is 18.2. The Kier molecular flexibility index (Phi) is 6.73. The molecule has 0 heterocycles. The minimum absolute atomic E-state index is 0.0658. The highest BCUT2D eigenvalue weighted by Gasteiger charge is 2.19. The Hall–Kier alpha value is -2.64. The van der Waals surface area contributed by atoms with Gasteiger partial charge < -0.3 is 15.8 Å². The molecule has 0 unspecified atom stereocenters. The van der Waals surface area contributed by atoms with Crippen LogP contribution in [0.3, 0.4) is 0 Å². The van der Waals surface area contributed by atoms with Gasteiger partial charge in [0, 0.05) is 23.9 Å². The van der Waals surface area contributed by atoms with Gasteiger partial charge in [-0.25, -0.2) is 4.79 Å². The first-order valence-corrected chi connectivity index (χ1v) is 8.48. The predicted molar refractivity (Wildman–Crippen MR) is 92.0 cm³/mol. The number of non-ortho nitro benzene ring substituents is 1. The molecule has 0 bridgehead atoms. The lowest BCUT2D eigenvalue weighted by Gasteiger charge is -2.20. The number of nitrogens with two attached hydrogens (primary N) is 1. The number of hydrogen-bond acceptors (Lipinski definition) is 6. The van der Waals surface area contributed by atoms with E-state index in [4.69, 9.17) is 10.5 Å². The van der Waals surface area contributed by atoms with Crippen molar-refractivity contribution in [2.24, 2.45) is 0 Å². The molecule has 2 rings (SSSR count). The molecule has 0 saturated heterocycles. The SMILES string of the molecule is Nc1ccc([N+](=O)[O-])cc1C(=O)OCC(=O)NC1CCCCCCC1. The van der Waals surface area contributed by atoms with E-state index < -0.39 is 17.5 Å². The van der Waals surface area contributed by atoms with E-state index in [1.54, 1.807) is 0 Å². The second-order valence-electron chi connectivity index (χ2n) is 6.21. The number of nitrogens with zero attached hydrogens (tertiary/aromatic N) is 1. The van der Waals surface area contributed by atoms with E-state index in [9.17, 15) is 19.7 Å². The summed E-state index contributed by atoms with van der Waals surface area (Å²) in [5, 5.41) is 13.7. The lowest BCUT2D eigenvalue weighted by molar-refractivity contribution is -0.384. The Labute approximate surface area is 145 Å². The Morgan fingerprint density at radius 1 is 1.20 bits per heavy atom. The van der Waals surface area contributed by atoms with Crippen LogP contribution in [0.4, 0.5) is 11.4 Å². The zero-order valence-corrected chi connectivity index (χ0v) is 14.0. The number of benzene rings is 1. The van der Waals surface area contributed by atoms with Gasteiger partial charge in [0.15, 0.2) is 6.61 Å². The van der Waals surface area contributed by atoms with Crippen LogP contribution >= 0.6 is 0 Å². The number of nitrogen functional groups attached to an aromatic ring is 1. The molecule has 136 valence electrons. The van der Waals surface area contributed by atoms with Crippen molar-refractivity contribution in [3.63, 3.8) is 0 Å². The van der Waals surface area contributed by atoms with Gasteiger partial charge >= 0.3 is 5.97 Å². The number of amides is 1. The van der Waals surface area contributed by atoms with E-state index in [0.717, 1.165) is 31.7 Å². The molecule has 1 aliphatic carbocycles. The highest BCUT2D eigenvalue weighted by atomic mass is 16.6. The summed E-state index contributed by atoms with van der Waals surface area (Å²) in [6, 6.07) is 3.62. The molecule has 25 heavy (non-hydrogen) atoms.